The van der Waals surface area contributed by atoms with Gasteiger partial charge in [-0.25, -0.2) is 0 Å². The zero-order chi connectivity index (χ0) is 12.1. The molecule has 0 saturated heterocycles. The van der Waals surface area contributed by atoms with Gasteiger partial charge in [0.15, 0.2) is 0 Å². The molecule has 0 radical (unpaired) electrons. The molecule has 1 atom stereocenters. The van der Waals surface area contributed by atoms with Crippen LogP contribution < -0.4 is 4.74 Å². The number of halogens is 1. The molecule has 0 saturated carbocycles. The zero-order valence-corrected chi connectivity index (χ0v) is 12.4. The van der Waals surface area contributed by atoms with Crippen LogP contribution in [0.5, 0.6) is 5.75 Å². The molecule has 0 aliphatic heterocycles. The lowest BCUT2D eigenvalue weighted by atomic mass is 10.0. The SMILES string of the molecule is CC(C(=O)Oc1ccccc1)c1ccccc1.I. The number of esters is 1. The number of hydrogen-bond acceptors (Lipinski definition) is 2. The normalized spacial score (nSPS) is 11.2. The molecule has 3 heteroatoms. The number of rotatable bonds is 3. The molecule has 18 heavy (non-hydrogen) atoms. The second kappa shape index (κ2) is 7.16. The lowest BCUT2D eigenvalue weighted by Crippen LogP contribution is -2.16. The van der Waals surface area contributed by atoms with Gasteiger partial charge in [-0.2, -0.15) is 0 Å². The summed E-state index contributed by atoms with van der Waals surface area (Å²) >= 11 is 0. The maximum atomic E-state index is 11.9. The molecular weight excluding hydrogens is 339 g/mol. The molecule has 0 heterocycles. The minimum absolute atomic E-state index is 0. The molecule has 94 valence electrons. The molecule has 0 N–H and O–H groups in total. The second-order valence-corrected chi connectivity index (χ2v) is 3.87. The van der Waals surface area contributed by atoms with E-state index in [0.29, 0.717) is 5.75 Å². The summed E-state index contributed by atoms with van der Waals surface area (Å²) < 4.78 is 5.29. The molecule has 2 nitrogen and oxygen atoms in total. The number of benzene rings is 2. The van der Waals surface area contributed by atoms with Crippen molar-refractivity contribution in [3.63, 3.8) is 0 Å². The molecular formula is C15H15IO2. The van der Waals surface area contributed by atoms with Crippen molar-refractivity contribution in [1.29, 1.82) is 0 Å². The van der Waals surface area contributed by atoms with Crippen molar-refractivity contribution in [2.24, 2.45) is 0 Å². The van der Waals surface area contributed by atoms with E-state index in [-0.39, 0.29) is 35.9 Å². The van der Waals surface area contributed by atoms with Crippen molar-refractivity contribution in [3.8, 4) is 5.75 Å². The third-order valence-corrected chi connectivity index (χ3v) is 2.61. The van der Waals surface area contributed by atoms with Gasteiger partial charge in [0.05, 0.1) is 5.92 Å². The Morgan fingerprint density at radius 3 is 2.00 bits per heavy atom. The molecule has 0 aromatic heterocycles. The van der Waals surface area contributed by atoms with E-state index in [1.165, 1.54) is 0 Å². The molecule has 0 amide bonds. The van der Waals surface area contributed by atoms with Gasteiger partial charge in [-0.3, -0.25) is 4.79 Å². The first-order valence-electron chi connectivity index (χ1n) is 5.59. The Balaban J connectivity index is 0.00000162. The molecule has 2 aromatic carbocycles. The molecule has 1 unspecified atom stereocenters. The van der Waals surface area contributed by atoms with Gasteiger partial charge in [0.2, 0.25) is 0 Å². The first-order valence-corrected chi connectivity index (χ1v) is 5.59. The number of para-hydroxylation sites is 1. The average molecular weight is 354 g/mol. The van der Waals surface area contributed by atoms with E-state index >= 15 is 0 Å². The zero-order valence-electron chi connectivity index (χ0n) is 10.1. The van der Waals surface area contributed by atoms with Crippen LogP contribution >= 0.6 is 24.0 Å². The maximum absolute atomic E-state index is 11.9. The van der Waals surface area contributed by atoms with Crippen LogP contribution in [0.2, 0.25) is 0 Å². The van der Waals surface area contributed by atoms with Crippen LogP contribution in [0.25, 0.3) is 0 Å². The highest BCUT2D eigenvalue weighted by atomic mass is 127. The van der Waals surface area contributed by atoms with E-state index in [1.54, 1.807) is 12.1 Å². The van der Waals surface area contributed by atoms with E-state index in [0.717, 1.165) is 5.56 Å². The molecule has 2 aromatic rings. The quantitative estimate of drug-likeness (QED) is 0.473. The fourth-order valence-electron chi connectivity index (χ4n) is 1.57. The monoisotopic (exact) mass is 354 g/mol. The maximum Gasteiger partial charge on any atom is 0.318 e. The van der Waals surface area contributed by atoms with E-state index in [9.17, 15) is 4.79 Å². The fourth-order valence-corrected chi connectivity index (χ4v) is 1.57. The van der Waals surface area contributed by atoms with Crippen LogP contribution in [-0.4, -0.2) is 5.97 Å². The predicted octanol–water partition coefficient (Wildman–Crippen LogP) is 4.01. The minimum Gasteiger partial charge on any atom is -0.426 e. The predicted molar refractivity (Wildman–Crippen MR) is 82.3 cm³/mol. The highest BCUT2D eigenvalue weighted by Crippen LogP contribution is 2.18. The van der Waals surface area contributed by atoms with Crippen molar-refractivity contribution >= 4 is 29.9 Å². The summed E-state index contributed by atoms with van der Waals surface area (Å²) in [4.78, 5) is 11.9. The minimum atomic E-state index is -0.253. The van der Waals surface area contributed by atoms with Gasteiger partial charge in [0.25, 0.3) is 0 Å². The molecule has 0 bridgehead atoms. The first-order chi connectivity index (χ1) is 8.27. The average Bonchev–Trinajstić information content (AvgIpc) is 2.40. The Morgan fingerprint density at radius 2 is 1.44 bits per heavy atom. The van der Waals surface area contributed by atoms with Gasteiger partial charge < -0.3 is 4.74 Å². The third kappa shape index (κ3) is 3.84. The van der Waals surface area contributed by atoms with Crippen LogP contribution in [0, 0.1) is 0 Å². The summed E-state index contributed by atoms with van der Waals surface area (Å²) in [6.07, 6.45) is 0. The summed E-state index contributed by atoms with van der Waals surface area (Å²) in [6, 6.07) is 18.7. The Labute approximate surface area is 124 Å². The summed E-state index contributed by atoms with van der Waals surface area (Å²) in [5.74, 6) is 0.0964. The standard InChI is InChI=1S/C15H14O2.HI/c1-12(13-8-4-2-5-9-13)15(16)17-14-10-6-3-7-11-14;/h2-12H,1H3;1H. The van der Waals surface area contributed by atoms with Gasteiger partial charge >= 0.3 is 5.97 Å². The molecule has 0 aliphatic carbocycles. The van der Waals surface area contributed by atoms with E-state index < -0.39 is 0 Å². The van der Waals surface area contributed by atoms with Crippen molar-refractivity contribution in [2.75, 3.05) is 0 Å². The number of carbonyl (C=O) groups is 1. The summed E-state index contributed by atoms with van der Waals surface area (Å²) in [6.45, 7) is 1.85. The Morgan fingerprint density at radius 1 is 0.944 bits per heavy atom. The van der Waals surface area contributed by atoms with Crippen LogP contribution in [0.3, 0.4) is 0 Å². The number of carbonyl (C=O) groups excluding carboxylic acids is 1. The molecule has 0 spiro atoms. The smallest absolute Gasteiger partial charge is 0.318 e. The summed E-state index contributed by atoms with van der Waals surface area (Å²) in [7, 11) is 0. The number of ether oxygens (including phenoxy) is 1. The van der Waals surface area contributed by atoms with Gasteiger partial charge in [0.1, 0.15) is 5.75 Å². The topological polar surface area (TPSA) is 26.3 Å². The van der Waals surface area contributed by atoms with Crippen LogP contribution in [0.1, 0.15) is 18.4 Å². The largest absolute Gasteiger partial charge is 0.426 e. The highest BCUT2D eigenvalue weighted by molar-refractivity contribution is 14.0. The van der Waals surface area contributed by atoms with Crippen molar-refractivity contribution in [2.45, 2.75) is 12.8 Å². The van der Waals surface area contributed by atoms with Gasteiger partial charge in [-0.05, 0) is 24.6 Å². The Hall–Kier alpha value is -1.36. The molecule has 0 fully saturated rings. The van der Waals surface area contributed by atoms with E-state index in [4.69, 9.17) is 4.74 Å². The third-order valence-electron chi connectivity index (χ3n) is 2.61. The van der Waals surface area contributed by atoms with Crippen molar-refractivity contribution in [3.05, 3.63) is 66.2 Å². The highest BCUT2D eigenvalue weighted by Gasteiger charge is 2.16. The lowest BCUT2D eigenvalue weighted by molar-refractivity contribution is -0.135. The van der Waals surface area contributed by atoms with Crippen LogP contribution in [-0.2, 0) is 4.79 Å². The van der Waals surface area contributed by atoms with Gasteiger partial charge in [-0.15, -0.1) is 24.0 Å². The Kier molecular flexibility index (Phi) is 5.85. The van der Waals surface area contributed by atoms with Crippen LogP contribution in [0.4, 0.5) is 0 Å². The number of hydrogen-bond donors (Lipinski definition) is 0. The van der Waals surface area contributed by atoms with Crippen LogP contribution in [0.15, 0.2) is 60.7 Å². The summed E-state index contributed by atoms with van der Waals surface area (Å²) in [5.41, 5.74) is 0.966. The van der Waals surface area contributed by atoms with Crippen molar-refractivity contribution < 1.29 is 9.53 Å². The van der Waals surface area contributed by atoms with E-state index in [2.05, 4.69) is 0 Å². The van der Waals surface area contributed by atoms with E-state index in [1.807, 2.05) is 55.5 Å². The first kappa shape index (κ1) is 14.7. The lowest BCUT2D eigenvalue weighted by Gasteiger charge is -2.11. The van der Waals surface area contributed by atoms with Gasteiger partial charge in [0, 0.05) is 0 Å². The second-order valence-electron chi connectivity index (χ2n) is 3.87. The summed E-state index contributed by atoms with van der Waals surface area (Å²) in [5, 5.41) is 0. The fraction of sp³-hybridized carbons (Fsp3) is 0.133. The Bertz CT molecular complexity index is 482. The molecule has 0 aliphatic rings. The van der Waals surface area contributed by atoms with Gasteiger partial charge in [-0.1, -0.05) is 48.5 Å². The van der Waals surface area contributed by atoms with Crippen molar-refractivity contribution in [1.82, 2.24) is 0 Å². The molecule has 2 rings (SSSR count).